The minimum absolute atomic E-state index is 1.12. The van der Waals surface area contributed by atoms with Gasteiger partial charge in [0.15, 0.2) is 0 Å². The minimum Gasteiger partial charge on any atom is -0.308 e. The zero-order chi connectivity index (χ0) is 29.7. The van der Waals surface area contributed by atoms with Crippen molar-refractivity contribution in [2.45, 2.75) is 0 Å². The van der Waals surface area contributed by atoms with Gasteiger partial charge in [-0.15, -0.1) is 11.3 Å². The molecule has 0 radical (unpaired) electrons. The second-order valence-corrected chi connectivity index (χ2v) is 12.4. The molecule has 9 rings (SSSR count). The smallest absolute Gasteiger partial charge is 0.0788 e. The molecule has 45 heavy (non-hydrogen) atoms. The topological polar surface area (TPSA) is 8.17 Å². The monoisotopic (exact) mass is 592 g/mol. The maximum absolute atomic E-state index is 2.47. The second kappa shape index (κ2) is 10.5. The Bertz CT molecular complexity index is 2470. The van der Waals surface area contributed by atoms with Crippen molar-refractivity contribution >= 4 is 70.4 Å². The molecule has 0 amide bonds. The first-order valence-electron chi connectivity index (χ1n) is 15.3. The summed E-state index contributed by atoms with van der Waals surface area (Å²) in [6.45, 7) is 0. The zero-order valence-corrected chi connectivity index (χ0v) is 25.3. The fraction of sp³-hybridized carbons (Fsp3) is 0. The van der Waals surface area contributed by atoms with Crippen molar-refractivity contribution in [3.8, 4) is 16.8 Å². The lowest BCUT2D eigenvalue weighted by atomic mass is 9.98. The van der Waals surface area contributed by atoms with Gasteiger partial charge in [0.05, 0.1) is 16.7 Å². The van der Waals surface area contributed by atoms with Gasteiger partial charge in [-0.1, -0.05) is 121 Å². The van der Waals surface area contributed by atoms with Crippen LogP contribution in [0.25, 0.3) is 58.8 Å². The summed E-state index contributed by atoms with van der Waals surface area (Å²) in [5.74, 6) is 0. The quantitative estimate of drug-likeness (QED) is 0.193. The Labute approximate surface area is 265 Å². The van der Waals surface area contributed by atoms with Crippen LogP contribution in [0.15, 0.2) is 170 Å². The minimum atomic E-state index is 1.12. The first-order chi connectivity index (χ1) is 22.3. The van der Waals surface area contributed by atoms with Gasteiger partial charge in [0, 0.05) is 53.6 Å². The highest BCUT2D eigenvalue weighted by Gasteiger charge is 2.25. The van der Waals surface area contributed by atoms with Gasteiger partial charge >= 0.3 is 0 Å². The summed E-state index contributed by atoms with van der Waals surface area (Å²) >= 11 is 1.86. The number of fused-ring (bicyclic) bond motifs is 6. The molecule has 0 saturated carbocycles. The van der Waals surface area contributed by atoms with Gasteiger partial charge in [-0.2, -0.15) is 0 Å². The molecule has 0 fully saturated rings. The summed E-state index contributed by atoms with van der Waals surface area (Å²) in [5, 5.41) is 5.08. The molecule has 2 heterocycles. The molecular weight excluding hydrogens is 565 g/mol. The van der Waals surface area contributed by atoms with Crippen LogP contribution in [0.4, 0.5) is 17.1 Å². The number of hydrogen-bond acceptors (Lipinski definition) is 2. The van der Waals surface area contributed by atoms with Crippen LogP contribution in [-0.4, -0.2) is 4.57 Å². The standard InChI is InChI=1S/C42H28N2S/c1-4-14-29(15-5-1)33-26-27-37-34-20-10-12-22-38(34)44(31-18-8-3-9-19-31)42(37)41(33)43(30-16-6-2-7-17-30)32-24-25-36-35-21-11-13-23-39(35)45-40(36)28-32/h1-28H. The predicted octanol–water partition coefficient (Wildman–Crippen LogP) is 12.3. The first-order valence-corrected chi connectivity index (χ1v) is 16.1. The third kappa shape index (κ3) is 4.16. The number of rotatable bonds is 5. The van der Waals surface area contributed by atoms with E-state index in [0.29, 0.717) is 0 Å². The number of nitrogens with zero attached hydrogens (tertiary/aromatic N) is 2. The Morgan fingerprint density at radius 1 is 0.444 bits per heavy atom. The highest BCUT2D eigenvalue weighted by Crippen LogP contribution is 2.49. The van der Waals surface area contributed by atoms with E-state index < -0.39 is 0 Å². The van der Waals surface area contributed by atoms with E-state index in [4.69, 9.17) is 0 Å². The van der Waals surface area contributed by atoms with Crippen molar-refractivity contribution in [1.82, 2.24) is 4.57 Å². The number of anilines is 3. The SMILES string of the molecule is c1ccc(-c2ccc3c4ccccc4n(-c4ccccc4)c3c2N(c2ccccc2)c2ccc3c(c2)sc2ccccc23)cc1. The Balaban J connectivity index is 1.45. The molecule has 0 bridgehead atoms. The van der Waals surface area contributed by atoms with Crippen molar-refractivity contribution < 1.29 is 0 Å². The van der Waals surface area contributed by atoms with E-state index in [9.17, 15) is 0 Å². The van der Waals surface area contributed by atoms with Crippen LogP contribution in [0.2, 0.25) is 0 Å². The number of thiophene rings is 1. The molecule has 212 valence electrons. The average molecular weight is 593 g/mol. The Morgan fingerprint density at radius 3 is 1.87 bits per heavy atom. The van der Waals surface area contributed by atoms with Gasteiger partial charge in [0.25, 0.3) is 0 Å². The van der Waals surface area contributed by atoms with Crippen molar-refractivity contribution in [2.24, 2.45) is 0 Å². The molecule has 0 spiro atoms. The molecule has 0 aliphatic heterocycles. The summed E-state index contributed by atoms with van der Waals surface area (Å²) in [5.41, 5.74) is 9.30. The molecule has 9 aromatic rings. The summed E-state index contributed by atoms with van der Waals surface area (Å²) in [6.07, 6.45) is 0. The highest BCUT2D eigenvalue weighted by atomic mass is 32.1. The lowest BCUT2D eigenvalue weighted by Crippen LogP contribution is -2.13. The van der Waals surface area contributed by atoms with Crippen LogP contribution in [0.1, 0.15) is 0 Å². The van der Waals surface area contributed by atoms with Gasteiger partial charge in [-0.25, -0.2) is 0 Å². The van der Waals surface area contributed by atoms with E-state index >= 15 is 0 Å². The summed E-state index contributed by atoms with van der Waals surface area (Å²) < 4.78 is 5.04. The van der Waals surface area contributed by atoms with E-state index in [0.717, 1.165) is 22.7 Å². The maximum atomic E-state index is 2.47. The average Bonchev–Trinajstić information content (AvgIpc) is 3.65. The maximum Gasteiger partial charge on any atom is 0.0788 e. The fourth-order valence-electron chi connectivity index (χ4n) is 6.80. The molecule has 3 heteroatoms. The van der Waals surface area contributed by atoms with Crippen LogP contribution in [0.5, 0.6) is 0 Å². The van der Waals surface area contributed by atoms with Crippen molar-refractivity contribution in [3.05, 3.63) is 170 Å². The molecule has 0 N–H and O–H groups in total. The summed E-state index contributed by atoms with van der Waals surface area (Å²) in [7, 11) is 0. The molecule has 0 aliphatic rings. The third-order valence-electron chi connectivity index (χ3n) is 8.77. The predicted molar refractivity (Wildman–Crippen MR) is 194 cm³/mol. The van der Waals surface area contributed by atoms with Crippen molar-refractivity contribution in [3.63, 3.8) is 0 Å². The normalized spacial score (nSPS) is 11.6. The highest BCUT2D eigenvalue weighted by molar-refractivity contribution is 7.25. The van der Waals surface area contributed by atoms with E-state index in [1.54, 1.807) is 0 Å². The molecule has 0 saturated heterocycles. The Hall–Kier alpha value is -5.64. The van der Waals surface area contributed by atoms with Crippen LogP contribution in [-0.2, 0) is 0 Å². The zero-order valence-electron chi connectivity index (χ0n) is 24.5. The first kappa shape index (κ1) is 25.8. The lowest BCUT2D eigenvalue weighted by molar-refractivity contribution is 1.17. The van der Waals surface area contributed by atoms with Crippen LogP contribution in [0, 0.1) is 0 Å². The van der Waals surface area contributed by atoms with E-state index in [2.05, 4.69) is 179 Å². The fourth-order valence-corrected chi connectivity index (χ4v) is 7.94. The van der Waals surface area contributed by atoms with Gasteiger partial charge < -0.3 is 9.47 Å². The van der Waals surface area contributed by atoms with Gasteiger partial charge in [-0.3, -0.25) is 0 Å². The third-order valence-corrected chi connectivity index (χ3v) is 9.90. The van der Waals surface area contributed by atoms with Gasteiger partial charge in [-0.05, 0) is 54.1 Å². The molecule has 7 aromatic carbocycles. The van der Waals surface area contributed by atoms with Crippen LogP contribution < -0.4 is 4.90 Å². The summed E-state index contributed by atoms with van der Waals surface area (Å²) in [4.78, 5) is 2.47. The molecular formula is C42H28N2S. The molecule has 2 nitrogen and oxygen atoms in total. The molecule has 0 atom stereocenters. The largest absolute Gasteiger partial charge is 0.308 e. The molecule has 0 aliphatic carbocycles. The van der Waals surface area contributed by atoms with E-state index in [-0.39, 0.29) is 0 Å². The van der Waals surface area contributed by atoms with Crippen molar-refractivity contribution in [2.75, 3.05) is 4.90 Å². The number of benzene rings is 7. The number of hydrogen-bond donors (Lipinski definition) is 0. The van der Waals surface area contributed by atoms with E-state index in [1.165, 1.54) is 53.1 Å². The summed E-state index contributed by atoms with van der Waals surface area (Å²) in [6, 6.07) is 61.4. The Kier molecular flexibility index (Phi) is 6.03. The molecule has 0 unspecified atom stereocenters. The van der Waals surface area contributed by atoms with E-state index in [1.807, 2.05) is 11.3 Å². The Morgan fingerprint density at radius 2 is 1.07 bits per heavy atom. The van der Waals surface area contributed by atoms with Crippen LogP contribution in [0.3, 0.4) is 0 Å². The molecule has 2 aromatic heterocycles. The van der Waals surface area contributed by atoms with Gasteiger partial charge in [0.2, 0.25) is 0 Å². The number of aromatic nitrogens is 1. The second-order valence-electron chi connectivity index (χ2n) is 11.4. The van der Waals surface area contributed by atoms with Crippen LogP contribution >= 0.6 is 11.3 Å². The lowest BCUT2D eigenvalue weighted by Gasteiger charge is -2.29. The van der Waals surface area contributed by atoms with Gasteiger partial charge in [0.1, 0.15) is 0 Å². The number of para-hydroxylation sites is 3. The van der Waals surface area contributed by atoms with Crippen molar-refractivity contribution in [1.29, 1.82) is 0 Å².